The van der Waals surface area contributed by atoms with Gasteiger partial charge in [0.15, 0.2) is 0 Å². The summed E-state index contributed by atoms with van der Waals surface area (Å²) in [6, 6.07) is 12.0. The molecule has 0 amide bonds. The van der Waals surface area contributed by atoms with Crippen LogP contribution in [0.25, 0.3) is 6.08 Å². The minimum absolute atomic E-state index is 0.485. The molecule has 164 valence electrons. The van der Waals surface area contributed by atoms with Crippen LogP contribution in [0.3, 0.4) is 0 Å². The molecule has 6 heteroatoms. The monoisotopic (exact) mass is 437 g/mol. The van der Waals surface area contributed by atoms with E-state index in [4.69, 9.17) is 14.9 Å². The third kappa shape index (κ3) is 5.64. The molecule has 0 bridgehead atoms. The Morgan fingerprint density at radius 3 is 2.52 bits per heavy atom. The first-order valence-corrected chi connectivity index (χ1v) is 11.4. The first-order chi connectivity index (χ1) is 15.1. The molecule has 31 heavy (non-hydrogen) atoms. The fraction of sp³-hybridized carbons (Fsp3) is 0.320. The molecule has 0 fully saturated rings. The highest BCUT2D eigenvalue weighted by Crippen LogP contribution is 2.35. The number of likely N-dealkylation sites (N-methyl/N-ethyl adjacent to an activating group) is 1. The number of nitrogens with zero attached hydrogens (tertiary/aromatic N) is 1. The number of thioether (sulfide) groups is 1. The van der Waals surface area contributed by atoms with Crippen molar-refractivity contribution >= 4 is 34.3 Å². The summed E-state index contributed by atoms with van der Waals surface area (Å²) < 4.78 is 10.7. The van der Waals surface area contributed by atoms with Gasteiger partial charge in [-0.1, -0.05) is 31.2 Å². The van der Waals surface area contributed by atoms with Crippen LogP contribution in [-0.2, 0) is 0 Å². The van der Waals surface area contributed by atoms with Crippen molar-refractivity contribution in [3.05, 3.63) is 59.8 Å². The Bertz CT molecular complexity index is 985. The minimum atomic E-state index is 0.485. The molecule has 3 rings (SSSR count). The van der Waals surface area contributed by atoms with Crippen molar-refractivity contribution in [3.63, 3.8) is 0 Å². The molecule has 2 aromatic carbocycles. The van der Waals surface area contributed by atoms with E-state index < -0.39 is 0 Å². The first-order valence-electron chi connectivity index (χ1n) is 10.6. The van der Waals surface area contributed by atoms with E-state index in [1.807, 2.05) is 36.4 Å². The van der Waals surface area contributed by atoms with E-state index in [1.54, 1.807) is 14.2 Å². The van der Waals surface area contributed by atoms with Gasteiger partial charge >= 0.3 is 0 Å². The van der Waals surface area contributed by atoms with Gasteiger partial charge in [-0.15, -0.1) is 0 Å². The van der Waals surface area contributed by atoms with Crippen LogP contribution in [0.5, 0.6) is 11.5 Å². The highest BCUT2D eigenvalue weighted by atomic mass is 32.2. The van der Waals surface area contributed by atoms with Crippen molar-refractivity contribution < 1.29 is 9.47 Å². The summed E-state index contributed by atoms with van der Waals surface area (Å²) in [6.07, 6.45) is 8.31. The van der Waals surface area contributed by atoms with Crippen LogP contribution in [0.2, 0.25) is 0 Å². The number of benzene rings is 2. The number of unbranched alkanes of at least 4 members (excludes halogenated alkanes) is 1. The van der Waals surface area contributed by atoms with Crippen LogP contribution < -0.4 is 19.7 Å². The SMILES string of the molecule is CCCCNc1cc(OC)ccc1SC(=N)C=C1C=Cc2cc(OC)ccc2N1CC. The second-order valence-electron chi connectivity index (χ2n) is 7.18. The van der Waals surface area contributed by atoms with Crippen molar-refractivity contribution in [1.29, 1.82) is 5.41 Å². The molecule has 1 aliphatic rings. The Morgan fingerprint density at radius 1 is 1.06 bits per heavy atom. The smallest absolute Gasteiger partial charge is 0.121 e. The van der Waals surface area contributed by atoms with Crippen LogP contribution in [0.4, 0.5) is 11.4 Å². The number of anilines is 2. The Kier molecular flexibility index (Phi) is 8.06. The lowest BCUT2D eigenvalue weighted by molar-refractivity contribution is 0.414. The number of hydrogen-bond donors (Lipinski definition) is 2. The summed E-state index contributed by atoms with van der Waals surface area (Å²) in [5.41, 5.74) is 4.26. The van der Waals surface area contributed by atoms with Gasteiger partial charge in [0.1, 0.15) is 11.5 Å². The topological polar surface area (TPSA) is 57.6 Å². The van der Waals surface area contributed by atoms with E-state index >= 15 is 0 Å². The largest absolute Gasteiger partial charge is 0.497 e. The number of methoxy groups -OCH3 is 2. The van der Waals surface area contributed by atoms with Gasteiger partial charge in [0.25, 0.3) is 0 Å². The van der Waals surface area contributed by atoms with Gasteiger partial charge in [-0.05, 0) is 55.8 Å². The van der Waals surface area contributed by atoms with Gasteiger partial charge in [-0.3, -0.25) is 5.41 Å². The molecule has 0 spiro atoms. The fourth-order valence-corrected chi connectivity index (χ4v) is 4.26. The van der Waals surface area contributed by atoms with E-state index in [-0.39, 0.29) is 0 Å². The number of nitrogens with one attached hydrogen (secondary N) is 2. The van der Waals surface area contributed by atoms with Crippen molar-refractivity contribution in [2.24, 2.45) is 0 Å². The molecule has 5 nitrogen and oxygen atoms in total. The number of rotatable bonds is 9. The molecule has 2 N–H and O–H groups in total. The maximum absolute atomic E-state index is 8.63. The van der Waals surface area contributed by atoms with Gasteiger partial charge in [-0.25, -0.2) is 0 Å². The van der Waals surface area contributed by atoms with Gasteiger partial charge in [0, 0.05) is 41.0 Å². The van der Waals surface area contributed by atoms with Gasteiger partial charge in [-0.2, -0.15) is 0 Å². The first kappa shape index (κ1) is 22.8. The predicted octanol–water partition coefficient (Wildman–Crippen LogP) is 6.42. The zero-order valence-electron chi connectivity index (χ0n) is 18.7. The number of allylic oxidation sites excluding steroid dienone is 1. The van der Waals surface area contributed by atoms with Crippen LogP contribution >= 0.6 is 11.8 Å². The second-order valence-corrected chi connectivity index (χ2v) is 8.26. The molecule has 0 aliphatic carbocycles. The standard InChI is InChI=1S/C25H31N3O2S/c1-5-7-14-27-22-17-21(30-4)11-13-24(22)31-25(26)16-19-9-8-18-15-20(29-3)10-12-23(18)28(19)6-2/h8-13,15-17,26-27H,5-7,14H2,1-4H3. The quantitative estimate of drug-likeness (QED) is 0.205. The maximum atomic E-state index is 8.63. The molecule has 2 aromatic rings. The van der Waals surface area contributed by atoms with Gasteiger partial charge in [0.05, 0.1) is 25.0 Å². The van der Waals surface area contributed by atoms with E-state index in [0.29, 0.717) is 5.04 Å². The summed E-state index contributed by atoms with van der Waals surface area (Å²) in [6.45, 7) is 6.02. The van der Waals surface area contributed by atoms with Crippen LogP contribution in [0, 0.1) is 5.41 Å². The van der Waals surface area contributed by atoms with Gasteiger partial charge < -0.3 is 19.7 Å². The van der Waals surface area contributed by atoms with Crippen molar-refractivity contribution in [2.45, 2.75) is 31.6 Å². The normalized spacial score (nSPS) is 13.8. The zero-order chi connectivity index (χ0) is 22.2. The van der Waals surface area contributed by atoms with Crippen molar-refractivity contribution in [3.8, 4) is 11.5 Å². The lowest BCUT2D eigenvalue weighted by Gasteiger charge is -2.29. The summed E-state index contributed by atoms with van der Waals surface area (Å²) in [4.78, 5) is 3.24. The molecule has 0 unspecified atom stereocenters. The fourth-order valence-electron chi connectivity index (χ4n) is 3.47. The van der Waals surface area contributed by atoms with E-state index in [0.717, 1.165) is 65.0 Å². The molecule has 0 saturated carbocycles. The maximum Gasteiger partial charge on any atom is 0.121 e. The molecule has 1 heterocycles. The summed E-state index contributed by atoms with van der Waals surface area (Å²) in [7, 11) is 3.35. The average molecular weight is 438 g/mol. The Morgan fingerprint density at radius 2 is 1.81 bits per heavy atom. The lowest BCUT2D eigenvalue weighted by atomic mass is 10.1. The van der Waals surface area contributed by atoms with Crippen molar-refractivity contribution in [1.82, 2.24) is 0 Å². The summed E-state index contributed by atoms with van der Waals surface area (Å²) >= 11 is 1.45. The van der Waals surface area contributed by atoms with Gasteiger partial charge in [0.2, 0.25) is 0 Å². The minimum Gasteiger partial charge on any atom is -0.497 e. The van der Waals surface area contributed by atoms with Crippen LogP contribution in [0.15, 0.2) is 59.1 Å². The Balaban J connectivity index is 1.81. The third-order valence-corrected chi connectivity index (χ3v) is 6.03. The second kappa shape index (κ2) is 11.0. The summed E-state index contributed by atoms with van der Waals surface area (Å²) in [5, 5.41) is 12.6. The van der Waals surface area contributed by atoms with E-state index in [2.05, 4.69) is 42.3 Å². The Hall–Kier alpha value is -2.86. The predicted molar refractivity (Wildman–Crippen MR) is 133 cm³/mol. The van der Waals surface area contributed by atoms with Crippen LogP contribution in [0.1, 0.15) is 32.3 Å². The molecule has 0 aromatic heterocycles. The van der Waals surface area contributed by atoms with E-state index in [9.17, 15) is 0 Å². The van der Waals surface area contributed by atoms with E-state index in [1.165, 1.54) is 11.8 Å². The number of fused-ring (bicyclic) bond motifs is 1. The molecular weight excluding hydrogens is 406 g/mol. The average Bonchev–Trinajstić information content (AvgIpc) is 2.79. The molecule has 1 aliphatic heterocycles. The number of ether oxygens (including phenoxy) is 2. The molecular formula is C25H31N3O2S. The van der Waals surface area contributed by atoms with Crippen molar-refractivity contribution in [2.75, 3.05) is 37.5 Å². The molecule has 0 atom stereocenters. The lowest BCUT2D eigenvalue weighted by Crippen LogP contribution is -2.24. The highest BCUT2D eigenvalue weighted by Gasteiger charge is 2.17. The molecule has 0 saturated heterocycles. The van der Waals surface area contributed by atoms with Crippen LogP contribution in [-0.4, -0.2) is 32.4 Å². The summed E-state index contributed by atoms with van der Waals surface area (Å²) in [5.74, 6) is 1.66. The highest BCUT2D eigenvalue weighted by molar-refractivity contribution is 8.14. The Labute approximate surface area is 189 Å². The zero-order valence-corrected chi connectivity index (χ0v) is 19.5. The number of hydrogen-bond acceptors (Lipinski definition) is 6. The molecule has 0 radical (unpaired) electrons. The third-order valence-electron chi connectivity index (χ3n) is 5.12.